The zero-order chi connectivity index (χ0) is 27.1. The normalized spacial score (nSPS) is 16.8. The molecule has 11 heteroatoms. The van der Waals surface area contributed by atoms with Crippen molar-refractivity contribution in [3.63, 3.8) is 0 Å². The standard InChI is InChI=1S/C29H29N9O2/c1-40-24-9-3-2-7-21(24)19-14-26-33-29(37-13-5-8-23(37)18-6-4-12-30-16-18)34-28(38(26)17-19)32-25-15-22(35-36-25)27(39)31-20-10-11-20/h2-4,6-7,9,12,14-17,20,23H,5,8,10-11,13H2,1H3,(H,31,39)(H2,32,33,34,35,36). The van der Waals surface area contributed by atoms with E-state index in [4.69, 9.17) is 14.7 Å². The number of rotatable bonds is 8. The zero-order valence-corrected chi connectivity index (χ0v) is 22.0. The van der Waals surface area contributed by atoms with Crippen molar-refractivity contribution in [2.45, 2.75) is 37.8 Å². The van der Waals surface area contributed by atoms with Gasteiger partial charge in [-0.3, -0.25) is 19.3 Å². The van der Waals surface area contributed by atoms with Gasteiger partial charge in [0, 0.05) is 48.4 Å². The van der Waals surface area contributed by atoms with Crippen molar-refractivity contribution in [2.24, 2.45) is 0 Å². The number of carbonyl (C=O) groups is 1. The van der Waals surface area contributed by atoms with E-state index < -0.39 is 0 Å². The van der Waals surface area contributed by atoms with Crippen LogP contribution in [0.3, 0.4) is 0 Å². The Morgan fingerprint density at radius 2 is 2.00 bits per heavy atom. The first-order valence-corrected chi connectivity index (χ1v) is 13.5. The van der Waals surface area contributed by atoms with E-state index in [0.29, 0.717) is 23.4 Å². The van der Waals surface area contributed by atoms with E-state index in [0.717, 1.165) is 60.3 Å². The smallest absolute Gasteiger partial charge is 0.269 e. The molecule has 0 radical (unpaired) electrons. The third-order valence-corrected chi connectivity index (χ3v) is 7.42. The molecule has 0 bridgehead atoms. The third-order valence-electron chi connectivity index (χ3n) is 7.42. The van der Waals surface area contributed by atoms with Gasteiger partial charge in [-0.05, 0) is 49.4 Å². The van der Waals surface area contributed by atoms with Gasteiger partial charge < -0.3 is 20.3 Å². The molecule has 1 saturated heterocycles. The average molecular weight is 536 g/mol. The predicted molar refractivity (Wildman–Crippen MR) is 151 cm³/mol. The minimum Gasteiger partial charge on any atom is -0.496 e. The SMILES string of the molecule is COc1ccccc1-c1cc2nc(N3CCCC3c3cccnc3)nc(Nc3cc(C(=O)NC4CC4)[nH]n3)n2c1. The molecule has 1 aromatic carbocycles. The second kappa shape index (κ2) is 9.99. The molecule has 2 aliphatic rings. The molecule has 3 N–H and O–H groups in total. The van der Waals surface area contributed by atoms with Crippen LogP contribution < -0.4 is 20.3 Å². The van der Waals surface area contributed by atoms with Crippen LogP contribution in [0, 0.1) is 0 Å². The number of hydrogen-bond donors (Lipinski definition) is 3. The van der Waals surface area contributed by atoms with E-state index in [9.17, 15) is 4.79 Å². The number of aromatic amines is 1. The number of fused-ring (bicyclic) bond motifs is 1. The number of hydrogen-bond acceptors (Lipinski definition) is 8. The van der Waals surface area contributed by atoms with Crippen LogP contribution >= 0.6 is 0 Å². The van der Waals surface area contributed by atoms with Crippen molar-refractivity contribution in [1.29, 1.82) is 0 Å². The van der Waals surface area contributed by atoms with Crippen molar-refractivity contribution < 1.29 is 9.53 Å². The first-order chi connectivity index (χ1) is 19.7. The summed E-state index contributed by atoms with van der Waals surface area (Å²) in [7, 11) is 1.67. The minimum atomic E-state index is -0.160. The molecule has 1 aliphatic carbocycles. The summed E-state index contributed by atoms with van der Waals surface area (Å²) in [4.78, 5) is 29.1. The van der Waals surface area contributed by atoms with Gasteiger partial charge in [-0.2, -0.15) is 15.1 Å². The van der Waals surface area contributed by atoms with E-state index >= 15 is 0 Å². The minimum absolute atomic E-state index is 0.135. The Labute approximate surface area is 230 Å². The highest BCUT2D eigenvalue weighted by Gasteiger charge is 2.30. The van der Waals surface area contributed by atoms with Crippen molar-refractivity contribution in [2.75, 3.05) is 23.9 Å². The van der Waals surface area contributed by atoms with Gasteiger partial charge in [-0.15, -0.1) is 0 Å². The number of anilines is 3. The monoisotopic (exact) mass is 535 g/mol. The topological polar surface area (TPSA) is 125 Å². The van der Waals surface area contributed by atoms with Gasteiger partial charge in [0.1, 0.15) is 17.1 Å². The van der Waals surface area contributed by atoms with Crippen molar-refractivity contribution in [3.8, 4) is 16.9 Å². The molecule has 2 fully saturated rings. The second-order valence-corrected chi connectivity index (χ2v) is 10.2. The van der Waals surface area contributed by atoms with Gasteiger partial charge in [-0.1, -0.05) is 24.3 Å². The summed E-state index contributed by atoms with van der Waals surface area (Å²) in [6.07, 6.45) is 9.75. The van der Waals surface area contributed by atoms with E-state index in [1.165, 1.54) is 0 Å². The summed E-state index contributed by atoms with van der Waals surface area (Å²) in [5.41, 5.74) is 4.17. The van der Waals surface area contributed by atoms with Crippen LogP contribution in [0.15, 0.2) is 67.1 Å². The van der Waals surface area contributed by atoms with Gasteiger partial charge in [0.05, 0.1) is 13.2 Å². The molecule has 5 heterocycles. The highest BCUT2D eigenvalue weighted by atomic mass is 16.5. The van der Waals surface area contributed by atoms with Crippen LogP contribution in [0.5, 0.6) is 5.75 Å². The molecule has 7 rings (SSSR count). The molecule has 0 spiro atoms. The van der Waals surface area contributed by atoms with Crippen molar-refractivity contribution in [1.82, 2.24) is 34.9 Å². The predicted octanol–water partition coefficient (Wildman–Crippen LogP) is 4.50. The summed E-state index contributed by atoms with van der Waals surface area (Å²) in [5, 5.41) is 13.5. The largest absolute Gasteiger partial charge is 0.496 e. The number of ether oxygens (including phenoxy) is 1. The molecule has 202 valence electrons. The number of aromatic nitrogens is 6. The fourth-order valence-electron chi connectivity index (χ4n) is 5.26. The number of H-pyrrole nitrogens is 1. The molecule has 11 nitrogen and oxygen atoms in total. The van der Waals surface area contributed by atoms with E-state index in [-0.39, 0.29) is 18.0 Å². The third kappa shape index (κ3) is 4.59. The Kier molecular flexibility index (Phi) is 6.03. The Morgan fingerprint density at radius 3 is 2.83 bits per heavy atom. The molecule has 5 aromatic rings. The molecule has 1 aliphatic heterocycles. The highest BCUT2D eigenvalue weighted by molar-refractivity contribution is 5.93. The zero-order valence-electron chi connectivity index (χ0n) is 22.0. The Hall–Kier alpha value is -4.93. The number of pyridine rings is 1. The maximum Gasteiger partial charge on any atom is 0.269 e. The van der Waals surface area contributed by atoms with Crippen LogP contribution in [-0.2, 0) is 0 Å². The first-order valence-electron chi connectivity index (χ1n) is 13.5. The van der Waals surface area contributed by atoms with Crippen LogP contribution in [0.2, 0.25) is 0 Å². The lowest BCUT2D eigenvalue weighted by atomic mass is 10.1. The van der Waals surface area contributed by atoms with E-state index in [2.05, 4.69) is 36.8 Å². The molecule has 40 heavy (non-hydrogen) atoms. The van der Waals surface area contributed by atoms with E-state index in [1.54, 1.807) is 19.4 Å². The summed E-state index contributed by atoms with van der Waals surface area (Å²) in [6.45, 7) is 0.836. The van der Waals surface area contributed by atoms with Crippen LogP contribution in [0.1, 0.15) is 47.8 Å². The summed E-state index contributed by atoms with van der Waals surface area (Å²) in [5.74, 6) is 2.26. The van der Waals surface area contributed by atoms with E-state index in [1.807, 2.05) is 53.2 Å². The molecule has 1 atom stereocenters. The van der Waals surface area contributed by atoms with Gasteiger partial charge in [0.2, 0.25) is 11.9 Å². The van der Waals surface area contributed by atoms with Crippen molar-refractivity contribution >= 4 is 29.3 Å². The van der Waals surface area contributed by atoms with Crippen LogP contribution in [0.25, 0.3) is 16.8 Å². The molecular formula is C29H29N9O2. The summed E-state index contributed by atoms with van der Waals surface area (Å²) >= 11 is 0. The number of nitrogens with zero attached hydrogens (tertiary/aromatic N) is 6. The number of benzene rings is 1. The number of methoxy groups -OCH3 is 1. The number of para-hydroxylation sites is 1. The number of nitrogens with one attached hydrogen (secondary N) is 3. The molecule has 4 aromatic heterocycles. The van der Waals surface area contributed by atoms with Crippen LogP contribution in [0.4, 0.5) is 17.7 Å². The maximum atomic E-state index is 12.5. The summed E-state index contributed by atoms with van der Waals surface area (Å²) in [6, 6.07) is 16.1. The summed E-state index contributed by atoms with van der Waals surface area (Å²) < 4.78 is 7.52. The lowest BCUT2D eigenvalue weighted by Crippen LogP contribution is -2.25. The Morgan fingerprint density at radius 1 is 1.10 bits per heavy atom. The molecule has 1 saturated carbocycles. The lowest BCUT2D eigenvalue weighted by Gasteiger charge is -2.25. The van der Waals surface area contributed by atoms with Crippen LogP contribution in [-0.4, -0.2) is 55.2 Å². The first kappa shape index (κ1) is 24.1. The molecular weight excluding hydrogens is 506 g/mol. The van der Waals surface area contributed by atoms with Gasteiger partial charge in [0.25, 0.3) is 5.91 Å². The van der Waals surface area contributed by atoms with Crippen molar-refractivity contribution in [3.05, 3.63) is 78.4 Å². The molecule has 1 amide bonds. The Bertz CT molecular complexity index is 1680. The van der Waals surface area contributed by atoms with Gasteiger partial charge >= 0.3 is 0 Å². The highest BCUT2D eigenvalue weighted by Crippen LogP contribution is 2.37. The number of amides is 1. The number of carbonyl (C=O) groups excluding carboxylic acids is 1. The fraction of sp³-hybridized carbons (Fsp3) is 0.276. The van der Waals surface area contributed by atoms with Gasteiger partial charge in [0.15, 0.2) is 5.82 Å². The Balaban J connectivity index is 1.29. The fourth-order valence-corrected chi connectivity index (χ4v) is 5.26. The lowest BCUT2D eigenvalue weighted by molar-refractivity contribution is 0.0946. The second-order valence-electron chi connectivity index (χ2n) is 10.2. The van der Waals surface area contributed by atoms with Gasteiger partial charge in [-0.25, -0.2) is 0 Å². The quantitative estimate of drug-likeness (QED) is 0.265. The average Bonchev–Trinajstić information content (AvgIpc) is 3.36. The maximum absolute atomic E-state index is 12.5. The molecule has 1 unspecified atom stereocenters.